The Morgan fingerprint density at radius 3 is 0.750 bits per heavy atom. The van der Waals surface area contributed by atoms with E-state index in [9.17, 15) is 0 Å². The van der Waals surface area contributed by atoms with Crippen molar-refractivity contribution < 1.29 is 42.0 Å². The Bertz CT molecular complexity index is 979. The summed E-state index contributed by atoms with van der Waals surface area (Å²) in [7, 11) is -9.40. The average molecular weight is 919 g/mol. The zero-order valence-corrected chi connectivity index (χ0v) is 42.0. The molecular formula is C42H93N6O9P3. The van der Waals surface area contributed by atoms with Crippen LogP contribution < -0.4 is 15.3 Å². The summed E-state index contributed by atoms with van der Waals surface area (Å²) >= 11 is 0. The molecule has 0 aromatic rings. The van der Waals surface area contributed by atoms with Crippen molar-refractivity contribution in [3.8, 4) is 0 Å². The van der Waals surface area contributed by atoms with Gasteiger partial charge in [-0.25, -0.2) is 15.3 Å². The van der Waals surface area contributed by atoms with Crippen molar-refractivity contribution in [2.75, 3.05) is 119 Å². The van der Waals surface area contributed by atoms with Gasteiger partial charge in [0.2, 0.25) is 0 Å². The Labute approximate surface area is 368 Å². The van der Waals surface area contributed by atoms with Crippen LogP contribution in [0.3, 0.4) is 0 Å². The predicted octanol–water partition coefficient (Wildman–Crippen LogP) is 11.9. The first kappa shape index (κ1) is 58.2. The molecule has 0 radical (unpaired) electrons. The van der Waals surface area contributed by atoms with Gasteiger partial charge >= 0.3 is 0 Å². The van der Waals surface area contributed by atoms with Crippen LogP contribution in [0.25, 0.3) is 0 Å². The van der Waals surface area contributed by atoms with Crippen molar-refractivity contribution in [2.45, 2.75) is 157 Å². The molecular weight excluding hydrogens is 825 g/mol. The van der Waals surface area contributed by atoms with Gasteiger partial charge < -0.3 is 42.0 Å². The van der Waals surface area contributed by atoms with Gasteiger partial charge in [-0.15, -0.1) is 0 Å². The van der Waals surface area contributed by atoms with Crippen molar-refractivity contribution in [3.05, 3.63) is 0 Å². The van der Waals surface area contributed by atoms with Crippen LogP contribution in [-0.2, 0) is 42.0 Å². The number of nitrogens with zero attached hydrogens (tertiary/aromatic N) is 3. The summed E-state index contributed by atoms with van der Waals surface area (Å²) in [6.07, 6.45) is 19.7. The zero-order chi connectivity index (χ0) is 43.6. The molecule has 0 saturated heterocycles. The molecule has 0 aliphatic carbocycles. The van der Waals surface area contributed by atoms with Gasteiger partial charge in [0.25, 0.3) is 22.7 Å². The van der Waals surface area contributed by atoms with Gasteiger partial charge in [-0.1, -0.05) is 119 Å². The second kappa shape index (κ2) is 41.9. The molecule has 60 heavy (non-hydrogen) atoms. The van der Waals surface area contributed by atoms with Crippen molar-refractivity contribution in [1.82, 2.24) is 15.3 Å². The number of unbranched alkanes of at least 4 members (excludes halogenated alkanes) is 12. The Kier molecular flexibility index (Phi) is 40.6. The lowest BCUT2D eigenvalue weighted by Gasteiger charge is -2.35. The van der Waals surface area contributed by atoms with Gasteiger partial charge in [0.1, 0.15) is 0 Å². The monoisotopic (exact) mass is 919 g/mol. The predicted molar refractivity (Wildman–Crippen MR) is 252 cm³/mol. The lowest BCUT2D eigenvalue weighted by atomic mass is 10.2. The summed E-state index contributed by atoms with van der Waals surface area (Å²) in [5, 5.41) is 11.3. The highest BCUT2D eigenvalue weighted by molar-refractivity contribution is 7.81. The first-order valence-electron chi connectivity index (χ1n) is 24.1. The molecule has 0 bridgehead atoms. The van der Waals surface area contributed by atoms with E-state index in [4.69, 9.17) is 55.5 Å². The molecule has 1 heterocycles. The molecule has 0 spiro atoms. The third-order valence-corrected chi connectivity index (χ3v) is 18.7. The number of rotatable bonds is 48. The summed E-state index contributed by atoms with van der Waals surface area (Å²) in [6, 6.07) is 0. The third kappa shape index (κ3) is 31.1. The van der Waals surface area contributed by atoms with Crippen LogP contribution in [-0.4, -0.2) is 119 Å². The van der Waals surface area contributed by atoms with Crippen molar-refractivity contribution >= 4 is 22.7 Å². The van der Waals surface area contributed by atoms with Gasteiger partial charge in [0, 0.05) is 39.5 Å². The maximum Gasteiger partial charge on any atom is 0.281 e. The Morgan fingerprint density at radius 1 is 0.267 bits per heavy atom. The van der Waals surface area contributed by atoms with E-state index in [0.29, 0.717) is 98.9 Å². The van der Waals surface area contributed by atoms with E-state index < -0.39 is 22.7 Å². The number of hydrogen-bond donors (Lipinski definition) is 3. The maximum atomic E-state index is 6.87. The van der Waals surface area contributed by atoms with Crippen LogP contribution in [0.2, 0.25) is 0 Å². The molecule has 15 nitrogen and oxygen atoms in total. The summed E-state index contributed by atoms with van der Waals surface area (Å²) in [4.78, 5) is 0. The van der Waals surface area contributed by atoms with Crippen LogP contribution >= 0.6 is 22.7 Å². The lowest BCUT2D eigenvalue weighted by molar-refractivity contribution is 0.0356. The highest BCUT2D eigenvalue weighted by atomic mass is 31.3. The normalized spacial score (nSPS) is 20.3. The van der Waals surface area contributed by atoms with Crippen LogP contribution in [0.4, 0.5) is 0 Å². The minimum Gasteiger partial charge on any atom is -0.379 e. The van der Waals surface area contributed by atoms with Crippen molar-refractivity contribution in [2.24, 2.45) is 13.5 Å². The highest BCUT2D eigenvalue weighted by Gasteiger charge is 2.40. The van der Waals surface area contributed by atoms with Gasteiger partial charge in [-0.05, 0) is 38.5 Å². The van der Waals surface area contributed by atoms with Crippen LogP contribution in [0.15, 0.2) is 13.5 Å². The highest BCUT2D eigenvalue weighted by Crippen LogP contribution is 2.75. The van der Waals surface area contributed by atoms with E-state index in [1.54, 1.807) is 0 Å². The number of hydrogen-bond acceptors (Lipinski definition) is 15. The van der Waals surface area contributed by atoms with E-state index >= 15 is 0 Å². The molecule has 0 saturated carbocycles. The fourth-order valence-corrected chi connectivity index (χ4v) is 16.4. The van der Waals surface area contributed by atoms with Crippen LogP contribution in [0.1, 0.15) is 157 Å². The first-order valence-corrected chi connectivity index (χ1v) is 28.9. The molecule has 1 aliphatic rings. The summed E-state index contributed by atoms with van der Waals surface area (Å²) in [6.45, 7) is 22.7. The molecule has 3 N–H and O–H groups in total. The van der Waals surface area contributed by atoms with Crippen LogP contribution in [0.5, 0.6) is 0 Å². The van der Waals surface area contributed by atoms with E-state index in [1.807, 2.05) is 0 Å². The van der Waals surface area contributed by atoms with Crippen molar-refractivity contribution in [3.63, 3.8) is 0 Å². The second-order valence-corrected chi connectivity index (χ2v) is 22.2. The summed E-state index contributed by atoms with van der Waals surface area (Å²) in [5.41, 5.74) is 0. The SMILES string of the molecule is CCCCCCNP1(OCCOCCOCCCC)=NP(NCCCCCC)(OCCOCCOCCCC)=NP(NCCCCCC)(OCCOCCOCCCC)=N1. The molecule has 0 atom stereocenters. The van der Waals surface area contributed by atoms with Gasteiger partial charge in [0.15, 0.2) is 0 Å². The standard InChI is InChI=1S/C42H93N6O9P3/c1-7-13-19-22-25-43-58(55-40-37-52-34-31-49-28-16-10-4)46-59(44-26-23-20-14-8-2,56-41-38-53-35-32-50-29-17-11-5)48-60(47-58,45-27-24-21-15-9-3)57-42-39-54-36-33-51-30-18-12-6/h43-45H,7-42H2,1-6H3. The van der Waals surface area contributed by atoms with E-state index in [0.717, 1.165) is 135 Å². The van der Waals surface area contributed by atoms with Gasteiger partial charge in [-0.3, -0.25) is 0 Å². The second-order valence-electron chi connectivity index (χ2n) is 15.0. The zero-order valence-electron chi connectivity index (χ0n) is 39.3. The topological polar surface area (TPSA) is 156 Å². The smallest absolute Gasteiger partial charge is 0.281 e. The molecule has 1 aliphatic heterocycles. The number of nitrogens with one attached hydrogen (secondary N) is 3. The molecule has 0 fully saturated rings. The quantitative estimate of drug-likeness (QED) is 0.0393. The van der Waals surface area contributed by atoms with E-state index in [2.05, 4.69) is 56.8 Å². The van der Waals surface area contributed by atoms with Crippen molar-refractivity contribution in [1.29, 1.82) is 0 Å². The molecule has 0 amide bonds. The molecule has 360 valence electrons. The molecule has 0 aromatic heterocycles. The Balaban J connectivity index is 3.61. The minimum atomic E-state index is -3.13. The fourth-order valence-electron chi connectivity index (χ4n) is 5.73. The Hall–Kier alpha value is 0.210. The van der Waals surface area contributed by atoms with E-state index in [-0.39, 0.29) is 0 Å². The Morgan fingerprint density at radius 2 is 0.500 bits per heavy atom. The minimum absolute atomic E-state index is 0.299. The summed E-state index contributed by atoms with van der Waals surface area (Å²) < 4.78 is 72.2. The lowest BCUT2D eigenvalue weighted by Crippen LogP contribution is -2.23. The molecule has 0 unspecified atom stereocenters. The molecule has 0 aromatic carbocycles. The van der Waals surface area contributed by atoms with Gasteiger partial charge in [0.05, 0.1) is 79.3 Å². The summed E-state index contributed by atoms with van der Waals surface area (Å²) in [5.74, 6) is 0. The largest absolute Gasteiger partial charge is 0.379 e. The average Bonchev–Trinajstić information content (AvgIpc) is 3.24. The number of ether oxygens (including phenoxy) is 6. The van der Waals surface area contributed by atoms with E-state index in [1.165, 1.54) is 0 Å². The molecule has 18 heteroatoms. The maximum absolute atomic E-state index is 6.87. The fraction of sp³-hybridized carbons (Fsp3) is 1.00. The van der Waals surface area contributed by atoms with Crippen LogP contribution in [0, 0.1) is 0 Å². The van der Waals surface area contributed by atoms with Gasteiger partial charge in [-0.2, -0.15) is 13.5 Å². The first-order chi connectivity index (χ1) is 29.5. The molecule has 1 rings (SSSR count). The third-order valence-electron chi connectivity index (χ3n) is 9.31.